The molecule has 0 amide bonds. The van der Waals surface area contributed by atoms with E-state index >= 15 is 0 Å². The van der Waals surface area contributed by atoms with Crippen LogP contribution in [0.4, 0.5) is 0 Å². The van der Waals surface area contributed by atoms with Crippen LogP contribution in [0.5, 0.6) is 0 Å². The van der Waals surface area contributed by atoms with Gasteiger partial charge in [-0.05, 0) is 12.5 Å². The Morgan fingerprint density at radius 1 is 1.05 bits per heavy atom. The molecule has 3 aromatic rings. The van der Waals surface area contributed by atoms with Crippen molar-refractivity contribution in [2.45, 2.75) is 27.9 Å². The molecular weight excluding hydrogens is 336 g/mol. The molecule has 2 aromatic heterocycles. The highest BCUT2D eigenvalue weighted by Crippen LogP contribution is 2.26. The van der Waals surface area contributed by atoms with Crippen LogP contribution in [0.2, 0.25) is 0 Å². The van der Waals surface area contributed by atoms with Crippen LogP contribution in [-0.2, 0) is 11.5 Å². The molecule has 0 saturated heterocycles. The summed E-state index contributed by atoms with van der Waals surface area (Å²) in [6.45, 7) is 1.94. The highest BCUT2D eigenvalue weighted by atomic mass is 32.2. The van der Waals surface area contributed by atoms with Gasteiger partial charge in [-0.15, -0.1) is 20.4 Å². The Morgan fingerprint density at radius 3 is 2.59 bits per heavy atom. The molecule has 0 aliphatic heterocycles. The topological polar surface area (TPSA) is 82.5 Å². The van der Waals surface area contributed by atoms with Crippen LogP contribution in [0.1, 0.15) is 16.4 Å². The molecule has 0 atom stereocenters. The lowest BCUT2D eigenvalue weighted by Crippen LogP contribution is -2.13. The number of nitrogen functional groups attached to an aromatic ring is 1. The van der Waals surface area contributed by atoms with Crippen LogP contribution in [-0.4, -0.2) is 25.1 Å². The Hall–Kier alpha value is -1.58. The summed E-state index contributed by atoms with van der Waals surface area (Å²) in [6, 6.07) is 10.2. The van der Waals surface area contributed by atoms with Crippen molar-refractivity contribution in [3.05, 3.63) is 46.7 Å². The van der Waals surface area contributed by atoms with Crippen molar-refractivity contribution in [2.75, 3.05) is 5.84 Å². The van der Waals surface area contributed by atoms with Gasteiger partial charge >= 0.3 is 0 Å². The van der Waals surface area contributed by atoms with E-state index in [1.807, 2.05) is 25.1 Å². The minimum atomic E-state index is 0.629. The molecule has 3 rings (SSSR count). The minimum Gasteiger partial charge on any atom is -0.336 e. The normalized spacial score (nSPS) is 11.0. The smallest absolute Gasteiger partial charge is 0.210 e. The van der Waals surface area contributed by atoms with Crippen molar-refractivity contribution in [1.82, 2.24) is 25.1 Å². The summed E-state index contributed by atoms with van der Waals surface area (Å²) in [5.41, 5.74) is 1.23. The molecule has 6 nitrogen and oxygen atoms in total. The van der Waals surface area contributed by atoms with Crippen molar-refractivity contribution in [1.29, 1.82) is 0 Å². The lowest BCUT2D eigenvalue weighted by Gasteiger charge is -2.03. The molecule has 0 spiro atoms. The predicted octanol–water partition coefficient (Wildman–Crippen LogP) is 2.74. The molecule has 0 radical (unpaired) electrons. The summed E-state index contributed by atoms with van der Waals surface area (Å²) < 4.78 is 2.47. The van der Waals surface area contributed by atoms with Gasteiger partial charge in [0.1, 0.15) is 5.01 Å². The van der Waals surface area contributed by atoms with Crippen molar-refractivity contribution in [2.24, 2.45) is 0 Å². The van der Waals surface area contributed by atoms with Gasteiger partial charge in [-0.1, -0.05) is 65.2 Å². The van der Waals surface area contributed by atoms with E-state index < -0.39 is 0 Å². The quantitative estimate of drug-likeness (QED) is 0.540. The van der Waals surface area contributed by atoms with Gasteiger partial charge in [-0.2, -0.15) is 0 Å². The van der Waals surface area contributed by atoms with Gasteiger partial charge in [0.05, 0.1) is 5.75 Å². The van der Waals surface area contributed by atoms with Crippen molar-refractivity contribution < 1.29 is 0 Å². The number of aromatic nitrogens is 5. The number of nitrogens with two attached hydrogens (primary N) is 1. The Kier molecular flexibility index (Phi) is 4.96. The van der Waals surface area contributed by atoms with E-state index in [9.17, 15) is 0 Å². The largest absolute Gasteiger partial charge is 0.336 e. The highest BCUT2D eigenvalue weighted by molar-refractivity contribution is 8.00. The number of thioether (sulfide) groups is 2. The maximum absolute atomic E-state index is 6.06. The van der Waals surface area contributed by atoms with E-state index in [4.69, 9.17) is 5.84 Å². The van der Waals surface area contributed by atoms with E-state index in [1.54, 1.807) is 39.5 Å². The maximum Gasteiger partial charge on any atom is 0.210 e. The summed E-state index contributed by atoms with van der Waals surface area (Å²) in [5.74, 6) is 8.24. The zero-order chi connectivity index (χ0) is 15.4. The van der Waals surface area contributed by atoms with Crippen molar-refractivity contribution >= 4 is 34.9 Å². The van der Waals surface area contributed by atoms with E-state index in [2.05, 4.69) is 32.5 Å². The summed E-state index contributed by atoms with van der Waals surface area (Å²) in [6.07, 6.45) is 0. The van der Waals surface area contributed by atoms with Gasteiger partial charge in [-0.3, -0.25) is 0 Å². The number of rotatable bonds is 6. The molecule has 2 heterocycles. The third-order valence-corrected chi connectivity index (χ3v) is 5.76. The van der Waals surface area contributed by atoms with Crippen LogP contribution in [0, 0.1) is 6.92 Å². The number of aryl methyl sites for hydroxylation is 1. The Morgan fingerprint density at radius 2 is 1.86 bits per heavy atom. The van der Waals surface area contributed by atoms with Crippen molar-refractivity contribution in [3.63, 3.8) is 0 Å². The summed E-state index contributed by atoms with van der Waals surface area (Å²) in [7, 11) is 0. The molecule has 0 saturated carbocycles. The van der Waals surface area contributed by atoms with Crippen LogP contribution in [0.15, 0.2) is 39.8 Å². The SMILES string of the molecule is Cc1nnc(SCc2nnc(SCc3ccccc3)n2N)s1. The molecule has 0 bridgehead atoms. The zero-order valence-electron chi connectivity index (χ0n) is 11.8. The third-order valence-electron chi connectivity index (χ3n) is 2.78. The standard InChI is InChI=1S/C13H14N6S3/c1-9-15-18-13(22-9)21-8-11-16-17-12(19(11)14)20-7-10-5-3-2-4-6-10/h2-6H,7-8,14H2,1H3. The first-order valence-corrected chi connectivity index (χ1v) is 9.30. The molecular formula is C13H14N6S3. The monoisotopic (exact) mass is 350 g/mol. The van der Waals surface area contributed by atoms with Crippen molar-refractivity contribution in [3.8, 4) is 0 Å². The zero-order valence-corrected chi connectivity index (χ0v) is 14.3. The Balaban J connectivity index is 1.59. The summed E-state index contributed by atoms with van der Waals surface area (Å²) in [4.78, 5) is 0. The molecule has 22 heavy (non-hydrogen) atoms. The van der Waals surface area contributed by atoms with Crippen LogP contribution in [0.25, 0.3) is 0 Å². The lowest BCUT2D eigenvalue weighted by molar-refractivity contribution is 0.820. The molecule has 1 aromatic carbocycles. The fraction of sp³-hybridized carbons (Fsp3) is 0.231. The Labute approximate surface area is 140 Å². The number of hydrogen-bond donors (Lipinski definition) is 1. The van der Waals surface area contributed by atoms with E-state index in [0.29, 0.717) is 10.9 Å². The second-order valence-corrected chi connectivity index (χ2v) is 7.77. The van der Waals surface area contributed by atoms with Gasteiger partial charge in [0.2, 0.25) is 5.16 Å². The van der Waals surface area contributed by atoms with E-state index in [1.165, 1.54) is 5.56 Å². The fourth-order valence-electron chi connectivity index (χ4n) is 1.69. The van der Waals surface area contributed by atoms with Crippen LogP contribution < -0.4 is 5.84 Å². The average Bonchev–Trinajstić information content (AvgIpc) is 3.10. The summed E-state index contributed by atoms with van der Waals surface area (Å²) >= 11 is 4.71. The first-order valence-electron chi connectivity index (χ1n) is 6.51. The average molecular weight is 350 g/mol. The highest BCUT2D eigenvalue weighted by Gasteiger charge is 2.12. The summed E-state index contributed by atoms with van der Waals surface area (Å²) in [5, 5.41) is 18.0. The number of nitrogens with zero attached hydrogens (tertiary/aromatic N) is 5. The Bertz CT molecular complexity index is 739. The van der Waals surface area contributed by atoms with E-state index in [0.717, 1.165) is 20.9 Å². The van der Waals surface area contributed by atoms with Crippen LogP contribution >= 0.6 is 34.9 Å². The third kappa shape index (κ3) is 3.79. The second-order valence-electron chi connectivity index (χ2n) is 4.42. The molecule has 0 fully saturated rings. The molecule has 9 heteroatoms. The molecule has 0 aliphatic rings. The first kappa shape index (κ1) is 15.3. The van der Waals surface area contributed by atoms with E-state index in [-0.39, 0.29) is 0 Å². The van der Waals surface area contributed by atoms with Gasteiger partial charge < -0.3 is 5.84 Å². The fourth-order valence-corrected chi connectivity index (χ4v) is 4.26. The lowest BCUT2D eigenvalue weighted by atomic mass is 10.2. The second kappa shape index (κ2) is 7.12. The van der Waals surface area contributed by atoms with Gasteiger partial charge in [0.15, 0.2) is 10.2 Å². The number of benzene rings is 1. The van der Waals surface area contributed by atoms with Gasteiger partial charge in [0, 0.05) is 5.75 Å². The van der Waals surface area contributed by atoms with Gasteiger partial charge in [0.25, 0.3) is 0 Å². The maximum atomic E-state index is 6.06. The number of hydrogen-bond acceptors (Lipinski definition) is 8. The molecule has 114 valence electrons. The minimum absolute atomic E-state index is 0.629. The predicted molar refractivity (Wildman–Crippen MR) is 90.4 cm³/mol. The first-order chi connectivity index (χ1) is 10.7. The molecule has 0 unspecified atom stereocenters. The molecule has 0 aliphatic carbocycles. The molecule has 2 N–H and O–H groups in total. The van der Waals surface area contributed by atoms with Crippen LogP contribution in [0.3, 0.4) is 0 Å². The van der Waals surface area contributed by atoms with Gasteiger partial charge in [-0.25, -0.2) is 4.68 Å².